The van der Waals surface area contributed by atoms with Crippen molar-refractivity contribution in [3.8, 4) is 0 Å². The predicted octanol–water partition coefficient (Wildman–Crippen LogP) is 3.16. The number of allylic oxidation sites excluding steroid dienone is 2. The summed E-state index contributed by atoms with van der Waals surface area (Å²) in [6.45, 7) is 6.86. The maximum atomic E-state index is 12.9. The van der Waals surface area contributed by atoms with Gasteiger partial charge in [-0.3, -0.25) is 4.90 Å². The number of nitrogens with zero attached hydrogens (tertiary/aromatic N) is 2. The van der Waals surface area contributed by atoms with E-state index in [-0.39, 0.29) is 5.82 Å². The van der Waals surface area contributed by atoms with Crippen LogP contribution in [0.3, 0.4) is 0 Å². The fourth-order valence-electron chi connectivity index (χ4n) is 4.41. The molecule has 2 aliphatic carbocycles. The third kappa shape index (κ3) is 3.11. The van der Waals surface area contributed by atoms with Gasteiger partial charge in [0.25, 0.3) is 0 Å². The number of hydrogen-bond donors (Lipinski definition) is 0. The zero-order valence-electron chi connectivity index (χ0n) is 13.1. The molecule has 2 bridgehead atoms. The van der Waals surface area contributed by atoms with Gasteiger partial charge in [0, 0.05) is 39.3 Å². The highest BCUT2D eigenvalue weighted by atomic mass is 19.1. The monoisotopic (exact) mass is 300 g/mol. The van der Waals surface area contributed by atoms with Gasteiger partial charge in [-0.2, -0.15) is 0 Å². The fourth-order valence-corrected chi connectivity index (χ4v) is 4.41. The summed E-state index contributed by atoms with van der Waals surface area (Å²) >= 11 is 0. The van der Waals surface area contributed by atoms with E-state index < -0.39 is 0 Å². The molecule has 0 unspecified atom stereocenters. The largest absolute Gasteiger partial charge is 0.300 e. The van der Waals surface area contributed by atoms with Gasteiger partial charge < -0.3 is 4.90 Å². The Labute approximate surface area is 132 Å². The molecule has 1 aliphatic heterocycles. The quantitative estimate of drug-likeness (QED) is 0.788. The lowest BCUT2D eigenvalue weighted by Gasteiger charge is -2.37. The van der Waals surface area contributed by atoms with Gasteiger partial charge in [0.1, 0.15) is 5.82 Å². The molecule has 3 aliphatic rings. The molecule has 0 amide bonds. The Morgan fingerprint density at radius 3 is 2.27 bits per heavy atom. The lowest BCUT2D eigenvalue weighted by Crippen LogP contribution is -2.47. The van der Waals surface area contributed by atoms with Crippen molar-refractivity contribution in [3.63, 3.8) is 0 Å². The molecular weight excluding hydrogens is 275 g/mol. The van der Waals surface area contributed by atoms with Crippen LogP contribution in [0.5, 0.6) is 0 Å². The minimum absolute atomic E-state index is 0.145. The minimum Gasteiger partial charge on any atom is -0.300 e. The van der Waals surface area contributed by atoms with E-state index in [0.29, 0.717) is 0 Å². The number of hydrogen-bond acceptors (Lipinski definition) is 2. The van der Waals surface area contributed by atoms with Gasteiger partial charge in [-0.05, 0) is 48.3 Å². The van der Waals surface area contributed by atoms with Crippen molar-refractivity contribution in [2.75, 3.05) is 32.7 Å². The number of benzene rings is 1. The van der Waals surface area contributed by atoms with Gasteiger partial charge in [-0.15, -0.1) is 0 Å². The van der Waals surface area contributed by atoms with Crippen molar-refractivity contribution in [1.82, 2.24) is 9.80 Å². The van der Waals surface area contributed by atoms with Crippen LogP contribution in [0.2, 0.25) is 0 Å². The van der Waals surface area contributed by atoms with Crippen LogP contribution in [-0.4, -0.2) is 42.5 Å². The Bertz CT molecular complexity index is 531. The topological polar surface area (TPSA) is 6.48 Å². The van der Waals surface area contributed by atoms with E-state index in [1.54, 1.807) is 12.1 Å². The molecule has 2 fully saturated rings. The minimum atomic E-state index is -0.145. The molecule has 1 saturated carbocycles. The second-order valence-electron chi connectivity index (χ2n) is 7.24. The molecule has 118 valence electrons. The summed E-state index contributed by atoms with van der Waals surface area (Å²) in [7, 11) is 0. The predicted molar refractivity (Wildman–Crippen MR) is 87.0 cm³/mol. The molecule has 0 spiro atoms. The van der Waals surface area contributed by atoms with E-state index in [1.807, 2.05) is 12.1 Å². The van der Waals surface area contributed by atoms with Gasteiger partial charge >= 0.3 is 0 Å². The summed E-state index contributed by atoms with van der Waals surface area (Å²) in [5, 5.41) is 0. The molecule has 2 nitrogen and oxygen atoms in total. The number of rotatable bonds is 4. The molecule has 0 N–H and O–H groups in total. The lowest BCUT2D eigenvalue weighted by atomic mass is 9.93. The van der Waals surface area contributed by atoms with Gasteiger partial charge in [-0.25, -0.2) is 4.39 Å². The molecule has 1 aromatic rings. The van der Waals surface area contributed by atoms with E-state index in [9.17, 15) is 4.39 Å². The first kappa shape index (κ1) is 14.4. The maximum absolute atomic E-state index is 12.9. The van der Waals surface area contributed by atoms with E-state index in [4.69, 9.17) is 0 Å². The molecular formula is C19H25FN2. The maximum Gasteiger partial charge on any atom is 0.123 e. The summed E-state index contributed by atoms with van der Waals surface area (Å²) in [4.78, 5) is 5.14. The van der Waals surface area contributed by atoms with Crippen molar-refractivity contribution in [3.05, 3.63) is 47.8 Å². The van der Waals surface area contributed by atoms with E-state index in [1.165, 1.54) is 38.0 Å². The molecule has 0 aromatic heterocycles. The lowest BCUT2D eigenvalue weighted by molar-refractivity contribution is 0.108. The summed E-state index contributed by atoms with van der Waals surface area (Å²) in [5.41, 5.74) is 1.22. The molecule has 1 heterocycles. The SMILES string of the molecule is Fc1ccc(CN2CCN(C[C@@H]3C[C@@H]4C=C[C@@H]3C4)CC2)cc1. The zero-order chi connectivity index (χ0) is 14.9. The van der Waals surface area contributed by atoms with Gasteiger partial charge in [-0.1, -0.05) is 24.3 Å². The summed E-state index contributed by atoms with van der Waals surface area (Å²) in [6.07, 6.45) is 7.72. The summed E-state index contributed by atoms with van der Waals surface area (Å²) in [5.74, 6) is 2.50. The van der Waals surface area contributed by atoms with Crippen LogP contribution in [0, 0.1) is 23.6 Å². The fraction of sp³-hybridized carbons (Fsp3) is 0.579. The van der Waals surface area contributed by atoms with Gasteiger partial charge in [0.15, 0.2) is 0 Å². The van der Waals surface area contributed by atoms with E-state index >= 15 is 0 Å². The molecule has 1 aromatic carbocycles. The average molecular weight is 300 g/mol. The van der Waals surface area contributed by atoms with Crippen LogP contribution in [0.4, 0.5) is 4.39 Å². The highest BCUT2D eigenvalue weighted by Crippen LogP contribution is 2.43. The third-order valence-electron chi connectivity index (χ3n) is 5.69. The first-order valence-corrected chi connectivity index (χ1v) is 8.64. The van der Waals surface area contributed by atoms with Gasteiger partial charge in [0.05, 0.1) is 0 Å². The highest BCUT2D eigenvalue weighted by molar-refractivity contribution is 5.16. The molecule has 4 rings (SSSR count). The number of fused-ring (bicyclic) bond motifs is 2. The van der Waals surface area contributed by atoms with Crippen LogP contribution in [0.25, 0.3) is 0 Å². The zero-order valence-corrected chi connectivity index (χ0v) is 13.1. The van der Waals surface area contributed by atoms with E-state index in [2.05, 4.69) is 22.0 Å². The Hall–Kier alpha value is -1.19. The van der Waals surface area contributed by atoms with Crippen LogP contribution in [0.1, 0.15) is 18.4 Å². The molecule has 0 radical (unpaired) electrons. The second-order valence-corrected chi connectivity index (χ2v) is 7.24. The first-order chi connectivity index (χ1) is 10.8. The Balaban J connectivity index is 1.24. The molecule has 3 heteroatoms. The van der Waals surface area contributed by atoms with Crippen molar-refractivity contribution in [2.45, 2.75) is 19.4 Å². The van der Waals surface area contributed by atoms with Crippen LogP contribution in [0.15, 0.2) is 36.4 Å². The smallest absolute Gasteiger partial charge is 0.123 e. The summed E-state index contributed by atoms with van der Waals surface area (Å²) in [6, 6.07) is 6.94. The first-order valence-electron chi connectivity index (χ1n) is 8.64. The highest BCUT2D eigenvalue weighted by Gasteiger charge is 2.36. The van der Waals surface area contributed by atoms with Gasteiger partial charge in [0.2, 0.25) is 0 Å². The van der Waals surface area contributed by atoms with Crippen molar-refractivity contribution < 1.29 is 4.39 Å². The molecule has 22 heavy (non-hydrogen) atoms. The van der Waals surface area contributed by atoms with Crippen LogP contribution < -0.4 is 0 Å². The molecule has 3 atom stereocenters. The van der Waals surface area contributed by atoms with Crippen LogP contribution in [-0.2, 0) is 6.54 Å². The van der Waals surface area contributed by atoms with Crippen LogP contribution >= 0.6 is 0 Å². The second kappa shape index (κ2) is 6.13. The third-order valence-corrected chi connectivity index (χ3v) is 5.69. The standard InChI is InChI=1S/C19H25FN2/c20-19-5-2-15(3-6-19)13-21-7-9-22(10-8-21)14-18-12-16-1-4-17(18)11-16/h1-6,16-18H,7-14H2/t16-,17-,18+/m1/s1. The summed E-state index contributed by atoms with van der Waals surface area (Å²) < 4.78 is 12.9. The van der Waals surface area contributed by atoms with Crippen molar-refractivity contribution >= 4 is 0 Å². The Morgan fingerprint density at radius 2 is 1.64 bits per heavy atom. The number of piperazine rings is 1. The molecule has 1 saturated heterocycles. The Morgan fingerprint density at radius 1 is 0.909 bits per heavy atom. The normalized spacial score (nSPS) is 32.0. The Kier molecular flexibility index (Phi) is 4.01. The number of halogens is 1. The van der Waals surface area contributed by atoms with Crippen molar-refractivity contribution in [1.29, 1.82) is 0 Å². The average Bonchev–Trinajstić information content (AvgIpc) is 3.14. The van der Waals surface area contributed by atoms with Crippen molar-refractivity contribution in [2.24, 2.45) is 17.8 Å². The van der Waals surface area contributed by atoms with E-state index in [0.717, 1.165) is 37.4 Å².